The summed E-state index contributed by atoms with van der Waals surface area (Å²) in [4.78, 5) is 0. The lowest BCUT2D eigenvalue weighted by Crippen LogP contribution is -2.01. The number of rotatable bonds is 5. The molecule has 2 aromatic carbocycles. The summed E-state index contributed by atoms with van der Waals surface area (Å²) >= 11 is 3.46. The molecule has 0 bridgehead atoms. The van der Waals surface area contributed by atoms with E-state index in [1.807, 2.05) is 42.5 Å². The first kappa shape index (κ1) is 13.7. The van der Waals surface area contributed by atoms with Gasteiger partial charge in [0.25, 0.3) is 0 Å². The summed E-state index contributed by atoms with van der Waals surface area (Å²) in [7, 11) is 3.34. The quantitative estimate of drug-likeness (QED) is 0.900. The van der Waals surface area contributed by atoms with Gasteiger partial charge in [0.1, 0.15) is 11.5 Å². The van der Waals surface area contributed by atoms with E-state index in [0.717, 1.165) is 27.2 Å². The molecule has 3 nitrogen and oxygen atoms in total. The minimum Gasteiger partial charge on any atom is -0.497 e. The van der Waals surface area contributed by atoms with Gasteiger partial charge in [0.2, 0.25) is 0 Å². The predicted octanol–water partition coefficient (Wildman–Crippen LogP) is 4.08. The van der Waals surface area contributed by atoms with Gasteiger partial charge in [-0.3, -0.25) is 0 Å². The normalized spacial score (nSPS) is 10.1. The van der Waals surface area contributed by atoms with Gasteiger partial charge in [0, 0.05) is 28.3 Å². The van der Waals surface area contributed by atoms with Crippen LogP contribution in [0.2, 0.25) is 0 Å². The van der Waals surface area contributed by atoms with E-state index in [0.29, 0.717) is 6.54 Å². The zero-order valence-electron chi connectivity index (χ0n) is 10.9. The van der Waals surface area contributed by atoms with E-state index in [2.05, 4.69) is 21.2 Å². The molecule has 100 valence electrons. The van der Waals surface area contributed by atoms with E-state index in [9.17, 15) is 0 Å². The van der Waals surface area contributed by atoms with Gasteiger partial charge >= 0.3 is 0 Å². The molecule has 2 aromatic rings. The summed E-state index contributed by atoms with van der Waals surface area (Å²) in [5, 5.41) is 3.36. The van der Waals surface area contributed by atoms with E-state index in [1.165, 1.54) is 0 Å². The summed E-state index contributed by atoms with van der Waals surface area (Å²) in [6, 6.07) is 13.9. The van der Waals surface area contributed by atoms with E-state index in [-0.39, 0.29) is 0 Å². The van der Waals surface area contributed by atoms with Crippen LogP contribution in [0.1, 0.15) is 5.56 Å². The van der Waals surface area contributed by atoms with Crippen LogP contribution < -0.4 is 14.8 Å². The lowest BCUT2D eigenvalue weighted by atomic mass is 10.2. The molecule has 0 saturated carbocycles. The van der Waals surface area contributed by atoms with Crippen molar-refractivity contribution in [2.24, 2.45) is 0 Å². The molecule has 0 aliphatic carbocycles. The Morgan fingerprint density at radius 1 is 1.05 bits per heavy atom. The zero-order chi connectivity index (χ0) is 13.7. The highest BCUT2D eigenvalue weighted by Crippen LogP contribution is 2.25. The first-order chi connectivity index (χ1) is 9.22. The molecule has 0 radical (unpaired) electrons. The summed E-state index contributed by atoms with van der Waals surface area (Å²) in [5.74, 6) is 1.70. The van der Waals surface area contributed by atoms with Crippen LogP contribution in [-0.4, -0.2) is 14.2 Å². The molecule has 4 heteroatoms. The van der Waals surface area contributed by atoms with Crippen molar-refractivity contribution in [3.8, 4) is 11.5 Å². The largest absolute Gasteiger partial charge is 0.497 e. The molecule has 0 spiro atoms. The van der Waals surface area contributed by atoms with Crippen LogP contribution >= 0.6 is 15.9 Å². The fourth-order valence-corrected chi connectivity index (χ4v) is 2.30. The van der Waals surface area contributed by atoms with Crippen LogP contribution in [0.5, 0.6) is 11.5 Å². The topological polar surface area (TPSA) is 30.5 Å². The van der Waals surface area contributed by atoms with Crippen LogP contribution in [0.25, 0.3) is 0 Å². The smallest absolute Gasteiger partial charge is 0.123 e. The van der Waals surface area contributed by atoms with Gasteiger partial charge in [-0.2, -0.15) is 0 Å². The number of halogens is 1. The fraction of sp³-hybridized carbons (Fsp3) is 0.200. The molecule has 0 atom stereocenters. The molecule has 0 aromatic heterocycles. The first-order valence-electron chi connectivity index (χ1n) is 5.93. The Bertz CT molecular complexity index is 558. The maximum atomic E-state index is 5.33. The first-order valence-corrected chi connectivity index (χ1v) is 6.72. The van der Waals surface area contributed by atoms with Crippen molar-refractivity contribution < 1.29 is 9.47 Å². The molecule has 0 saturated heterocycles. The number of para-hydroxylation sites is 1. The number of nitrogens with one attached hydrogen (secondary N) is 1. The third-order valence-corrected chi connectivity index (χ3v) is 3.24. The van der Waals surface area contributed by atoms with Crippen molar-refractivity contribution in [2.75, 3.05) is 19.5 Å². The molecular weight excluding hydrogens is 306 g/mol. The molecule has 0 aliphatic rings. The van der Waals surface area contributed by atoms with Crippen molar-refractivity contribution in [1.29, 1.82) is 0 Å². The van der Waals surface area contributed by atoms with Gasteiger partial charge in [-0.05, 0) is 18.2 Å². The Morgan fingerprint density at radius 3 is 2.58 bits per heavy atom. The Balaban J connectivity index is 2.12. The Morgan fingerprint density at radius 2 is 1.84 bits per heavy atom. The maximum absolute atomic E-state index is 5.33. The number of benzene rings is 2. The molecule has 1 N–H and O–H groups in total. The van der Waals surface area contributed by atoms with Crippen molar-refractivity contribution in [2.45, 2.75) is 6.54 Å². The Kier molecular flexibility index (Phi) is 4.68. The third-order valence-electron chi connectivity index (χ3n) is 2.78. The van der Waals surface area contributed by atoms with Crippen LogP contribution in [0.3, 0.4) is 0 Å². The lowest BCUT2D eigenvalue weighted by molar-refractivity contribution is 0.410. The molecule has 0 heterocycles. The summed E-state index contributed by atoms with van der Waals surface area (Å²) in [6.45, 7) is 0.698. The van der Waals surface area contributed by atoms with E-state index >= 15 is 0 Å². The zero-order valence-corrected chi connectivity index (χ0v) is 12.5. The monoisotopic (exact) mass is 321 g/mol. The molecule has 19 heavy (non-hydrogen) atoms. The second-order valence-electron chi connectivity index (χ2n) is 4.05. The minimum atomic E-state index is 0.698. The number of methoxy groups -OCH3 is 2. The summed E-state index contributed by atoms with van der Waals surface area (Å²) in [5.41, 5.74) is 2.11. The lowest BCUT2D eigenvalue weighted by Gasteiger charge is -2.11. The molecule has 0 unspecified atom stereocenters. The van der Waals surface area contributed by atoms with Gasteiger partial charge in [0.15, 0.2) is 0 Å². The molecule has 0 aliphatic heterocycles. The average molecular weight is 322 g/mol. The van der Waals surface area contributed by atoms with Gasteiger partial charge in [-0.1, -0.05) is 34.1 Å². The molecule has 0 amide bonds. The highest BCUT2D eigenvalue weighted by Gasteiger charge is 2.03. The van der Waals surface area contributed by atoms with E-state index in [1.54, 1.807) is 14.2 Å². The number of hydrogen-bond donors (Lipinski definition) is 1. The van der Waals surface area contributed by atoms with E-state index in [4.69, 9.17) is 9.47 Å². The SMILES string of the molecule is COc1cc(Br)cc(NCc2ccccc2OC)c1. The fourth-order valence-electron chi connectivity index (χ4n) is 1.83. The highest BCUT2D eigenvalue weighted by atomic mass is 79.9. The standard InChI is InChI=1S/C15H16BrNO2/c1-18-14-8-12(16)7-13(9-14)17-10-11-5-3-4-6-15(11)19-2/h3-9,17H,10H2,1-2H3. The predicted molar refractivity (Wildman–Crippen MR) is 81.0 cm³/mol. The van der Waals surface area contributed by atoms with Crippen LogP contribution in [0.4, 0.5) is 5.69 Å². The summed E-state index contributed by atoms with van der Waals surface area (Å²) in [6.07, 6.45) is 0. The van der Waals surface area contributed by atoms with Crippen LogP contribution in [0.15, 0.2) is 46.9 Å². The second-order valence-corrected chi connectivity index (χ2v) is 4.96. The van der Waals surface area contributed by atoms with Crippen molar-refractivity contribution in [3.05, 3.63) is 52.5 Å². The second kappa shape index (κ2) is 6.48. The van der Waals surface area contributed by atoms with Gasteiger partial charge in [-0.15, -0.1) is 0 Å². The Labute approximate surface area is 121 Å². The minimum absolute atomic E-state index is 0.698. The molecular formula is C15H16BrNO2. The van der Waals surface area contributed by atoms with Gasteiger partial charge in [-0.25, -0.2) is 0 Å². The summed E-state index contributed by atoms with van der Waals surface area (Å²) < 4.78 is 11.5. The van der Waals surface area contributed by atoms with Crippen molar-refractivity contribution in [3.63, 3.8) is 0 Å². The Hall–Kier alpha value is -1.68. The van der Waals surface area contributed by atoms with Gasteiger partial charge in [0.05, 0.1) is 14.2 Å². The average Bonchev–Trinajstić information content (AvgIpc) is 2.44. The van der Waals surface area contributed by atoms with Crippen LogP contribution in [0, 0.1) is 0 Å². The third kappa shape index (κ3) is 3.64. The number of anilines is 1. The molecule has 2 rings (SSSR count). The van der Waals surface area contributed by atoms with Gasteiger partial charge < -0.3 is 14.8 Å². The van der Waals surface area contributed by atoms with Crippen LogP contribution in [-0.2, 0) is 6.54 Å². The maximum Gasteiger partial charge on any atom is 0.123 e. The van der Waals surface area contributed by atoms with Crippen molar-refractivity contribution in [1.82, 2.24) is 0 Å². The van der Waals surface area contributed by atoms with E-state index < -0.39 is 0 Å². The number of ether oxygens (including phenoxy) is 2. The van der Waals surface area contributed by atoms with Crippen molar-refractivity contribution >= 4 is 21.6 Å². The molecule has 0 fully saturated rings. The number of hydrogen-bond acceptors (Lipinski definition) is 3. The highest BCUT2D eigenvalue weighted by molar-refractivity contribution is 9.10.